The summed E-state index contributed by atoms with van der Waals surface area (Å²) in [5.41, 5.74) is -0.573. The predicted octanol–water partition coefficient (Wildman–Crippen LogP) is 5.19. The number of Topliss-reactive ketones (excluding diaryl/α,β-unsaturated/α-hetero) is 2. The molecule has 3 rings (SSSR count). The number of rotatable bonds is 7. The molecule has 3 aliphatic rings. The van der Waals surface area contributed by atoms with Gasteiger partial charge >= 0.3 is 5.97 Å². The van der Waals surface area contributed by atoms with Gasteiger partial charge < -0.3 is 9.84 Å². The molecule has 0 radical (unpaired) electrons. The standard InChI is InChI=1S/C27H42O5/c1-17(2)7-6-8-18(3)21-9-10-22-20(23(29)12-13-26(21,22)4)16-25(31)32-27(5)14-11-19(28)15-24(27)30/h16-19,21-22,28H,6-15H2,1-5H3/b20-16-/t18-,19+,21-,22+,26-,27-/m1/s1. The smallest absolute Gasteiger partial charge is 0.332 e. The molecule has 3 aliphatic carbocycles. The van der Waals surface area contributed by atoms with Gasteiger partial charge in [0.05, 0.1) is 6.10 Å². The van der Waals surface area contributed by atoms with Gasteiger partial charge in [0.1, 0.15) is 0 Å². The van der Waals surface area contributed by atoms with Crippen molar-refractivity contribution in [3.05, 3.63) is 11.6 Å². The third-order valence-corrected chi connectivity index (χ3v) is 8.69. The molecule has 0 saturated heterocycles. The molecule has 3 saturated carbocycles. The lowest BCUT2D eigenvalue weighted by atomic mass is 9.60. The number of allylic oxidation sites excluding steroid dienone is 1. The summed E-state index contributed by atoms with van der Waals surface area (Å²) < 4.78 is 5.59. The number of carbonyl (C=O) groups excluding carboxylic acids is 3. The summed E-state index contributed by atoms with van der Waals surface area (Å²) in [6.07, 6.45) is 8.58. The molecule has 0 spiro atoms. The maximum Gasteiger partial charge on any atom is 0.332 e. The Bertz CT molecular complexity index is 768. The highest BCUT2D eigenvalue weighted by Crippen LogP contribution is 2.59. The van der Waals surface area contributed by atoms with Gasteiger partial charge in [0.25, 0.3) is 0 Å². The molecule has 0 aromatic carbocycles. The van der Waals surface area contributed by atoms with Crippen LogP contribution in [-0.4, -0.2) is 34.3 Å². The predicted molar refractivity (Wildman–Crippen MR) is 124 cm³/mol. The van der Waals surface area contributed by atoms with Crippen LogP contribution in [0.2, 0.25) is 0 Å². The lowest BCUT2D eigenvalue weighted by Crippen LogP contribution is -2.46. The summed E-state index contributed by atoms with van der Waals surface area (Å²) in [6.45, 7) is 10.8. The van der Waals surface area contributed by atoms with Crippen LogP contribution in [0, 0.1) is 29.1 Å². The third kappa shape index (κ3) is 5.18. The van der Waals surface area contributed by atoms with Crippen LogP contribution in [0.15, 0.2) is 11.6 Å². The first-order chi connectivity index (χ1) is 15.0. The number of aliphatic hydroxyl groups excluding tert-OH is 1. The van der Waals surface area contributed by atoms with Crippen molar-refractivity contribution >= 4 is 17.5 Å². The zero-order chi connectivity index (χ0) is 23.7. The minimum Gasteiger partial charge on any atom is -0.448 e. The van der Waals surface area contributed by atoms with E-state index in [1.807, 2.05) is 0 Å². The molecule has 5 heteroatoms. The van der Waals surface area contributed by atoms with Crippen molar-refractivity contribution in [2.24, 2.45) is 29.1 Å². The van der Waals surface area contributed by atoms with Gasteiger partial charge in [-0.05, 0) is 68.1 Å². The zero-order valence-corrected chi connectivity index (χ0v) is 20.6. The Morgan fingerprint density at radius 3 is 2.50 bits per heavy atom. The molecule has 1 N–H and O–H groups in total. The molecule has 0 heterocycles. The van der Waals surface area contributed by atoms with E-state index < -0.39 is 17.7 Å². The van der Waals surface area contributed by atoms with Gasteiger partial charge in [-0.15, -0.1) is 0 Å². The maximum absolute atomic E-state index is 12.8. The molecule has 0 amide bonds. The second-order valence-electron chi connectivity index (χ2n) is 11.5. The molecule has 6 atom stereocenters. The van der Waals surface area contributed by atoms with Gasteiger partial charge in [0.2, 0.25) is 0 Å². The first kappa shape index (κ1) is 25.1. The van der Waals surface area contributed by atoms with Crippen molar-refractivity contribution in [2.45, 2.75) is 111 Å². The number of hydrogen-bond donors (Lipinski definition) is 1. The van der Waals surface area contributed by atoms with Crippen LogP contribution in [0.5, 0.6) is 0 Å². The molecule has 0 aliphatic heterocycles. The minimum atomic E-state index is -1.21. The number of ketones is 2. The maximum atomic E-state index is 12.8. The minimum absolute atomic E-state index is 0.0103. The zero-order valence-electron chi connectivity index (χ0n) is 20.6. The Morgan fingerprint density at radius 2 is 1.84 bits per heavy atom. The average molecular weight is 447 g/mol. The van der Waals surface area contributed by atoms with Crippen LogP contribution in [0.3, 0.4) is 0 Å². The summed E-state index contributed by atoms with van der Waals surface area (Å²) in [5, 5.41) is 9.71. The van der Waals surface area contributed by atoms with Crippen LogP contribution in [0.25, 0.3) is 0 Å². The lowest BCUT2D eigenvalue weighted by molar-refractivity contribution is -0.167. The van der Waals surface area contributed by atoms with Crippen molar-refractivity contribution in [2.75, 3.05) is 0 Å². The van der Waals surface area contributed by atoms with Crippen molar-refractivity contribution in [1.82, 2.24) is 0 Å². The van der Waals surface area contributed by atoms with Crippen molar-refractivity contribution in [1.29, 1.82) is 0 Å². The summed E-state index contributed by atoms with van der Waals surface area (Å²) >= 11 is 0. The number of ether oxygens (including phenoxy) is 1. The largest absolute Gasteiger partial charge is 0.448 e. The molecule has 32 heavy (non-hydrogen) atoms. The Kier molecular flexibility index (Phi) is 7.69. The van der Waals surface area contributed by atoms with Gasteiger partial charge in [-0.2, -0.15) is 0 Å². The molecule has 0 unspecified atom stereocenters. The van der Waals surface area contributed by atoms with Crippen LogP contribution in [-0.2, 0) is 19.1 Å². The van der Waals surface area contributed by atoms with Crippen molar-refractivity contribution < 1.29 is 24.2 Å². The van der Waals surface area contributed by atoms with E-state index in [2.05, 4.69) is 27.7 Å². The Hall–Kier alpha value is -1.49. The monoisotopic (exact) mass is 446 g/mol. The molecular weight excluding hydrogens is 404 g/mol. The van der Waals surface area contributed by atoms with Gasteiger partial charge in [0.15, 0.2) is 17.2 Å². The average Bonchev–Trinajstić information content (AvgIpc) is 3.05. The first-order valence-corrected chi connectivity index (χ1v) is 12.7. The Labute approximate surface area is 193 Å². The van der Waals surface area contributed by atoms with Gasteiger partial charge in [-0.1, -0.05) is 47.0 Å². The van der Waals surface area contributed by atoms with E-state index in [1.54, 1.807) is 6.92 Å². The quantitative estimate of drug-likeness (QED) is 0.430. The van der Waals surface area contributed by atoms with E-state index in [4.69, 9.17) is 4.74 Å². The van der Waals surface area contributed by atoms with E-state index in [9.17, 15) is 19.5 Å². The van der Waals surface area contributed by atoms with Crippen LogP contribution in [0.1, 0.15) is 98.8 Å². The number of esters is 1. The van der Waals surface area contributed by atoms with Crippen LogP contribution in [0.4, 0.5) is 0 Å². The molecule has 180 valence electrons. The number of aliphatic hydroxyl groups is 1. The molecule has 0 bridgehead atoms. The molecule has 0 aromatic rings. The van der Waals surface area contributed by atoms with E-state index in [-0.39, 0.29) is 29.3 Å². The third-order valence-electron chi connectivity index (χ3n) is 8.69. The van der Waals surface area contributed by atoms with Gasteiger partial charge in [-0.3, -0.25) is 9.59 Å². The summed E-state index contributed by atoms with van der Waals surface area (Å²) in [5.74, 6) is 1.18. The summed E-state index contributed by atoms with van der Waals surface area (Å²) in [6, 6.07) is 0. The van der Waals surface area contributed by atoms with Crippen LogP contribution < -0.4 is 0 Å². The van der Waals surface area contributed by atoms with Crippen LogP contribution >= 0.6 is 0 Å². The normalized spacial score (nSPS) is 37.6. The van der Waals surface area contributed by atoms with E-state index in [0.29, 0.717) is 36.7 Å². The summed E-state index contributed by atoms with van der Waals surface area (Å²) in [4.78, 5) is 38.0. The first-order valence-electron chi connectivity index (χ1n) is 12.7. The highest BCUT2D eigenvalue weighted by Gasteiger charge is 2.53. The topological polar surface area (TPSA) is 80.7 Å². The molecular formula is C27H42O5. The van der Waals surface area contributed by atoms with Gasteiger partial charge in [-0.25, -0.2) is 4.79 Å². The van der Waals surface area contributed by atoms with E-state index in [0.717, 1.165) is 25.2 Å². The van der Waals surface area contributed by atoms with Crippen molar-refractivity contribution in [3.8, 4) is 0 Å². The van der Waals surface area contributed by atoms with Crippen molar-refractivity contribution in [3.63, 3.8) is 0 Å². The highest BCUT2D eigenvalue weighted by molar-refractivity contribution is 6.02. The lowest BCUT2D eigenvalue weighted by Gasteiger charge is -2.43. The fourth-order valence-electron chi connectivity index (χ4n) is 6.62. The number of fused-ring (bicyclic) bond motifs is 1. The fraction of sp³-hybridized carbons (Fsp3) is 0.815. The molecule has 5 nitrogen and oxygen atoms in total. The molecule has 0 aromatic heterocycles. The second kappa shape index (κ2) is 9.79. The van der Waals surface area contributed by atoms with E-state index >= 15 is 0 Å². The number of carbonyl (C=O) groups is 3. The van der Waals surface area contributed by atoms with E-state index in [1.165, 1.54) is 25.3 Å². The van der Waals surface area contributed by atoms with Gasteiger partial charge in [0, 0.05) is 24.5 Å². The fourth-order valence-corrected chi connectivity index (χ4v) is 6.62. The second-order valence-corrected chi connectivity index (χ2v) is 11.5. The summed E-state index contributed by atoms with van der Waals surface area (Å²) in [7, 11) is 0. The SMILES string of the molecule is CC(C)CCC[C@@H](C)[C@H]1CC[C@H]2/C(=C/C(=O)O[C@]3(C)CC[C@H](O)CC3=O)C(=O)CC[C@]12C. The highest BCUT2D eigenvalue weighted by atomic mass is 16.6. The Balaban J connectivity index is 1.72. The molecule has 3 fully saturated rings. The number of hydrogen-bond acceptors (Lipinski definition) is 5. The Morgan fingerprint density at radius 1 is 1.12 bits per heavy atom.